The highest BCUT2D eigenvalue weighted by atomic mass is 16.5. The molecule has 0 aliphatic rings. The topological polar surface area (TPSA) is 140 Å². The van der Waals surface area contributed by atoms with Gasteiger partial charge in [-0.1, -0.05) is 27.2 Å². The van der Waals surface area contributed by atoms with Crippen LogP contribution in [0.3, 0.4) is 0 Å². The number of H-pyrrole nitrogens is 2. The summed E-state index contributed by atoms with van der Waals surface area (Å²) in [7, 11) is 1.82. The predicted molar refractivity (Wildman–Crippen MR) is 110 cm³/mol. The lowest BCUT2D eigenvalue weighted by atomic mass is 10.1. The lowest BCUT2D eigenvalue weighted by Gasteiger charge is -2.12. The van der Waals surface area contributed by atoms with E-state index in [4.69, 9.17) is 9.72 Å². The highest BCUT2D eigenvalue weighted by Crippen LogP contribution is 2.30. The van der Waals surface area contributed by atoms with Crippen LogP contribution in [0.1, 0.15) is 32.9 Å². The minimum atomic E-state index is -0.312. The number of hydrogen-bond acceptors (Lipinski definition) is 8. The predicted octanol–water partition coefficient (Wildman–Crippen LogP) is 1.89. The van der Waals surface area contributed by atoms with Crippen molar-refractivity contribution in [3.8, 4) is 28.7 Å². The quantitative estimate of drug-likeness (QED) is 0.471. The van der Waals surface area contributed by atoms with E-state index in [0.717, 1.165) is 18.5 Å². The number of aromatic amines is 2. The number of pyridine rings is 1. The first-order valence-corrected chi connectivity index (χ1v) is 9.80. The van der Waals surface area contributed by atoms with Crippen LogP contribution in [0.15, 0.2) is 17.1 Å². The SMILES string of the molecule is CCCc1c2nc(-c3cc(-c4nn[nH]n4)cnc3OCC(C)C)[nH]c(=O)c2nn1C. The minimum Gasteiger partial charge on any atom is -0.477 e. The second-order valence-corrected chi connectivity index (χ2v) is 7.45. The summed E-state index contributed by atoms with van der Waals surface area (Å²) >= 11 is 0. The first kappa shape index (κ1) is 19.7. The Balaban J connectivity index is 1.90. The summed E-state index contributed by atoms with van der Waals surface area (Å²) < 4.78 is 7.61. The maximum atomic E-state index is 12.8. The molecule has 2 N–H and O–H groups in total. The molecule has 0 aliphatic heterocycles. The molecule has 0 saturated carbocycles. The third-order valence-corrected chi connectivity index (χ3v) is 4.56. The van der Waals surface area contributed by atoms with Crippen molar-refractivity contribution in [2.45, 2.75) is 33.6 Å². The van der Waals surface area contributed by atoms with Gasteiger partial charge in [-0.25, -0.2) is 9.97 Å². The molecule has 11 heteroatoms. The largest absolute Gasteiger partial charge is 0.477 e. The van der Waals surface area contributed by atoms with Gasteiger partial charge in [0, 0.05) is 18.8 Å². The Kier molecular flexibility index (Phi) is 5.25. The van der Waals surface area contributed by atoms with Crippen molar-refractivity contribution in [3.05, 3.63) is 28.3 Å². The van der Waals surface area contributed by atoms with Gasteiger partial charge in [-0.05, 0) is 23.6 Å². The summed E-state index contributed by atoms with van der Waals surface area (Å²) in [5.41, 5.74) is 2.66. The van der Waals surface area contributed by atoms with Gasteiger partial charge < -0.3 is 9.72 Å². The molecule has 0 radical (unpaired) electrons. The van der Waals surface area contributed by atoms with Crippen molar-refractivity contribution in [1.29, 1.82) is 0 Å². The van der Waals surface area contributed by atoms with E-state index in [2.05, 4.69) is 42.6 Å². The zero-order chi connectivity index (χ0) is 21.3. The second kappa shape index (κ2) is 8.01. The van der Waals surface area contributed by atoms with Crippen molar-refractivity contribution in [3.63, 3.8) is 0 Å². The minimum absolute atomic E-state index is 0.306. The van der Waals surface area contributed by atoms with E-state index in [9.17, 15) is 4.79 Å². The molecule has 0 spiro atoms. The molecule has 4 heterocycles. The molecule has 0 aliphatic carbocycles. The third kappa shape index (κ3) is 3.65. The van der Waals surface area contributed by atoms with Gasteiger partial charge in [-0.2, -0.15) is 10.3 Å². The molecular weight excluding hydrogens is 386 g/mol. The number of hydrogen-bond donors (Lipinski definition) is 2. The number of rotatable bonds is 7. The normalized spacial score (nSPS) is 11.5. The summed E-state index contributed by atoms with van der Waals surface area (Å²) in [5, 5.41) is 18.4. The fourth-order valence-electron chi connectivity index (χ4n) is 3.16. The molecule has 0 fully saturated rings. The first-order valence-electron chi connectivity index (χ1n) is 9.80. The van der Waals surface area contributed by atoms with Gasteiger partial charge in [0.1, 0.15) is 11.3 Å². The monoisotopic (exact) mass is 409 g/mol. The van der Waals surface area contributed by atoms with Crippen LogP contribution in [0.25, 0.3) is 33.8 Å². The summed E-state index contributed by atoms with van der Waals surface area (Å²) in [4.78, 5) is 24.7. The molecule has 0 bridgehead atoms. The van der Waals surface area contributed by atoms with Crippen LogP contribution in [-0.2, 0) is 13.5 Å². The molecule has 0 aromatic carbocycles. The van der Waals surface area contributed by atoms with E-state index in [1.165, 1.54) is 0 Å². The van der Waals surface area contributed by atoms with Crippen molar-refractivity contribution in [2.75, 3.05) is 6.61 Å². The Morgan fingerprint density at radius 1 is 1.27 bits per heavy atom. The van der Waals surface area contributed by atoms with Gasteiger partial charge in [0.2, 0.25) is 11.7 Å². The lowest BCUT2D eigenvalue weighted by molar-refractivity contribution is 0.262. The van der Waals surface area contributed by atoms with Crippen molar-refractivity contribution in [2.24, 2.45) is 13.0 Å². The van der Waals surface area contributed by atoms with E-state index in [0.29, 0.717) is 52.2 Å². The highest BCUT2D eigenvalue weighted by molar-refractivity contribution is 5.79. The fourth-order valence-corrected chi connectivity index (χ4v) is 3.16. The van der Waals surface area contributed by atoms with E-state index in [-0.39, 0.29) is 5.56 Å². The first-order chi connectivity index (χ1) is 14.5. The van der Waals surface area contributed by atoms with Crippen LogP contribution < -0.4 is 10.3 Å². The highest BCUT2D eigenvalue weighted by Gasteiger charge is 2.19. The van der Waals surface area contributed by atoms with Crippen LogP contribution in [0.5, 0.6) is 5.88 Å². The van der Waals surface area contributed by atoms with Gasteiger partial charge in [0.25, 0.3) is 5.56 Å². The summed E-state index contributed by atoms with van der Waals surface area (Å²) in [6.07, 6.45) is 3.28. The molecule has 0 amide bonds. The van der Waals surface area contributed by atoms with Crippen LogP contribution in [0, 0.1) is 5.92 Å². The van der Waals surface area contributed by atoms with Crippen LogP contribution in [0.2, 0.25) is 0 Å². The van der Waals surface area contributed by atoms with Gasteiger partial charge in [0.05, 0.1) is 17.9 Å². The Hall–Kier alpha value is -3.63. The lowest BCUT2D eigenvalue weighted by Crippen LogP contribution is -2.12. The van der Waals surface area contributed by atoms with Gasteiger partial charge >= 0.3 is 0 Å². The van der Waals surface area contributed by atoms with Crippen LogP contribution in [0.4, 0.5) is 0 Å². The number of aromatic nitrogens is 9. The molecule has 0 saturated heterocycles. The standard InChI is InChI=1S/C19H23N9O2/c1-5-6-13-14-15(25-28(13)4)18(29)22-17(21-14)12-7-11(16-23-26-27-24-16)8-20-19(12)30-9-10(2)3/h7-8,10H,5-6,9H2,1-4H3,(H,21,22,29)(H,23,24,26,27). The third-order valence-electron chi connectivity index (χ3n) is 4.56. The zero-order valence-electron chi connectivity index (χ0n) is 17.3. The van der Waals surface area contributed by atoms with Gasteiger partial charge in [-0.3, -0.25) is 9.48 Å². The Morgan fingerprint density at radius 2 is 2.10 bits per heavy atom. The number of ether oxygens (including phenoxy) is 1. The summed E-state index contributed by atoms with van der Waals surface area (Å²) in [6.45, 7) is 6.64. The molecule has 156 valence electrons. The van der Waals surface area contributed by atoms with Crippen LogP contribution >= 0.6 is 0 Å². The Bertz CT molecular complexity index is 1230. The maximum Gasteiger partial charge on any atom is 0.279 e. The molecule has 4 aromatic heterocycles. The molecule has 4 aromatic rings. The van der Waals surface area contributed by atoms with E-state index >= 15 is 0 Å². The number of nitrogens with one attached hydrogen (secondary N) is 2. The molecule has 0 unspecified atom stereocenters. The number of fused-ring (bicyclic) bond motifs is 1. The van der Waals surface area contributed by atoms with Gasteiger partial charge in [0.15, 0.2) is 5.52 Å². The molecule has 11 nitrogen and oxygen atoms in total. The maximum absolute atomic E-state index is 12.8. The average molecular weight is 409 g/mol. The zero-order valence-corrected chi connectivity index (χ0v) is 17.3. The van der Waals surface area contributed by atoms with Crippen molar-refractivity contribution < 1.29 is 4.74 Å². The molecule has 30 heavy (non-hydrogen) atoms. The summed E-state index contributed by atoms with van der Waals surface area (Å²) in [5.74, 6) is 1.42. The molecule has 0 atom stereocenters. The van der Waals surface area contributed by atoms with E-state index in [1.807, 2.05) is 20.9 Å². The molecule has 4 rings (SSSR count). The number of tetrazole rings is 1. The summed E-state index contributed by atoms with van der Waals surface area (Å²) in [6, 6.07) is 1.79. The van der Waals surface area contributed by atoms with E-state index < -0.39 is 0 Å². The van der Waals surface area contributed by atoms with Crippen molar-refractivity contribution >= 4 is 11.0 Å². The molecular formula is C19H23N9O2. The number of nitrogens with zero attached hydrogens (tertiary/aromatic N) is 7. The Labute approximate surface area is 171 Å². The second-order valence-electron chi connectivity index (χ2n) is 7.45. The van der Waals surface area contributed by atoms with E-state index in [1.54, 1.807) is 16.9 Å². The average Bonchev–Trinajstić information content (AvgIpc) is 3.36. The van der Waals surface area contributed by atoms with Crippen molar-refractivity contribution in [1.82, 2.24) is 45.4 Å². The van der Waals surface area contributed by atoms with Crippen LogP contribution in [-0.4, -0.2) is 52.0 Å². The fraction of sp³-hybridized carbons (Fsp3) is 0.421. The Morgan fingerprint density at radius 3 is 2.80 bits per heavy atom. The smallest absolute Gasteiger partial charge is 0.279 e. The number of aryl methyl sites for hydroxylation is 2. The van der Waals surface area contributed by atoms with Gasteiger partial charge in [-0.15, -0.1) is 10.2 Å².